The number of alkyl halides is 3. The maximum atomic E-state index is 12.6. The normalized spacial score (nSPS) is 21.8. The van der Waals surface area contributed by atoms with Gasteiger partial charge < -0.3 is 11.5 Å². The summed E-state index contributed by atoms with van der Waals surface area (Å²) in [4.78, 5) is 14.9. The SMILES string of the molecule is NC(N)=NC(=O)C1CC1c1cccc(C(F)(F)F)c1. The molecule has 0 bridgehead atoms. The third-order valence-electron chi connectivity index (χ3n) is 2.99. The van der Waals surface area contributed by atoms with Gasteiger partial charge in [-0.15, -0.1) is 0 Å². The molecule has 4 N–H and O–H groups in total. The van der Waals surface area contributed by atoms with Crippen LogP contribution >= 0.6 is 0 Å². The van der Waals surface area contributed by atoms with Crippen molar-refractivity contribution >= 4 is 11.9 Å². The third-order valence-corrected chi connectivity index (χ3v) is 2.99. The van der Waals surface area contributed by atoms with E-state index in [1.165, 1.54) is 6.07 Å². The number of halogens is 3. The maximum Gasteiger partial charge on any atom is 0.416 e. The maximum absolute atomic E-state index is 12.6. The van der Waals surface area contributed by atoms with Crippen LogP contribution in [0.5, 0.6) is 0 Å². The van der Waals surface area contributed by atoms with E-state index in [1.54, 1.807) is 6.07 Å². The first-order valence-corrected chi connectivity index (χ1v) is 5.59. The lowest BCUT2D eigenvalue weighted by Crippen LogP contribution is -2.24. The molecule has 19 heavy (non-hydrogen) atoms. The fraction of sp³-hybridized carbons (Fsp3) is 0.333. The Balaban J connectivity index is 2.14. The summed E-state index contributed by atoms with van der Waals surface area (Å²) < 4.78 is 37.7. The minimum atomic E-state index is -4.38. The summed E-state index contributed by atoms with van der Waals surface area (Å²) in [7, 11) is 0. The number of carbonyl (C=O) groups is 1. The van der Waals surface area contributed by atoms with Gasteiger partial charge in [0.2, 0.25) is 0 Å². The molecule has 0 radical (unpaired) electrons. The molecule has 2 unspecified atom stereocenters. The van der Waals surface area contributed by atoms with Crippen molar-refractivity contribution in [1.82, 2.24) is 0 Å². The molecule has 102 valence electrons. The first-order chi connectivity index (χ1) is 8.79. The summed E-state index contributed by atoms with van der Waals surface area (Å²) in [5, 5.41) is 0. The van der Waals surface area contributed by atoms with Gasteiger partial charge in [-0.2, -0.15) is 18.2 Å². The quantitative estimate of drug-likeness (QED) is 0.633. The molecule has 7 heteroatoms. The van der Waals surface area contributed by atoms with Crippen LogP contribution in [0.25, 0.3) is 0 Å². The van der Waals surface area contributed by atoms with Crippen LogP contribution in [0.15, 0.2) is 29.3 Å². The minimum Gasteiger partial charge on any atom is -0.370 e. The number of carbonyl (C=O) groups excluding carboxylic acids is 1. The van der Waals surface area contributed by atoms with E-state index >= 15 is 0 Å². The highest BCUT2D eigenvalue weighted by Crippen LogP contribution is 2.49. The van der Waals surface area contributed by atoms with Gasteiger partial charge in [0.1, 0.15) is 0 Å². The first kappa shape index (κ1) is 13.4. The van der Waals surface area contributed by atoms with Crippen LogP contribution in [-0.2, 0) is 11.0 Å². The van der Waals surface area contributed by atoms with E-state index in [4.69, 9.17) is 11.5 Å². The molecule has 1 aromatic rings. The number of hydrogen-bond donors (Lipinski definition) is 2. The van der Waals surface area contributed by atoms with Crippen molar-refractivity contribution in [3.05, 3.63) is 35.4 Å². The Morgan fingerprint density at radius 3 is 2.58 bits per heavy atom. The molecule has 1 saturated carbocycles. The van der Waals surface area contributed by atoms with Gasteiger partial charge in [-0.1, -0.05) is 18.2 Å². The summed E-state index contributed by atoms with van der Waals surface area (Å²) in [6, 6.07) is 4.97. The van der Waals surface area contributed by atoms with Gasteiger partial charge >= 0.3 is 6.18 Å². The summed E-state index contributed by atoms with van der Waals surface area (Å²) in [5.41, 5.74) is 9.93. The summed E-state index contributed by atoms with van der Waals surface area (Å²) >= 11 is 0. The molecule has 0 aliphatic heterocycles. The second-order valence-corrected chi connectivity index (χ2v) is 4.45. The van der Waals surface area contributed by atoms with Crippen LogP contribution in [-0.4, -0.2) is 11.9 Å². The molecular weight excluding hydrogens is 259 g/mol. The van der Waals surface area contributed by atoms with Crippen molar-refractivity contribution in [3.8, 4) is 0 Å². The fourth-order valence-corrected chi connectivity index (χ4v) is 1.99. The number of aliphatic imine (C=N–C) groups is 1. The van der Waals surface area contributed by atoms with Crippen molar-refractivity contribution in [2.45, 2.75) is 18.5 Å². The zero-order chi connectivity index (χ0) is 14.2. The molecule has 0 heterocycles. The number of rotatable bonds is 2. The lowest BCUT2D eigenvalue weighted by Gasteiger charge is -2.08. The van der Waals surface area contributed by atoms with E-state index in [2.05, 4.69) is 4.99 Å². The molecule has 0 spiro atoms. The molecule has 2 atom stereocenters. The number of amides is 1. The van der Waals surface area contributed by atoms with Crippen molar-refractivity contribution in [2.75, 3.05) is 0 Å². The molecule has 1 fully saturated rings. The second kappa shape index (κ2) is 4.56. The van der Waals surface area contributed by atoms with Gasteiger partial charge in [0.15, 0.2) is 5.96 Å². The fourth-order valence-electron chi connectivity index (χ4n) is 1.99. The van der Waals surface area contributed by atoms with Gasteiger partial charge in [-0.3, -0.25) is 4.79 Å². The van der Waals surface area contributed by atoms with E-state index in [0.717, 1.165) is 12.1 Å². The highest BCUT2D eigenvalue weighted by molar-refractivity contribution is 5.94. The number of benzene rings is 1. The Kier molecular flexibility index (Phi) is 3.21. The van der Waals surface area contributed by atoms with Crippen molar-refractivity contribution in [3.63, 3.8) is 0 Å². The lowest BCUT2D eigenvalue weighted by molar-refractivity contribution is -0.137. The Labute approximate surface area is 107 Å². The third kappa shape index (κ3) is 3.04. The van der Waals surface area contributed by atoms with Gasteiger partial charge in [-0.25, -0.2) is 0 Å². The lowest BCUT2D eigenvalue weighted by atomic mass is 10.1. The van der Waals surface area contributed by atoms with Gasteiger partial charge in [0.05, 0.1) is 5.56 Å². The first-order valence-electron chi connectivity index (χ1n) is 5.59. The predicted molar refractivity (Wildman–Crippen MR) is 63.1 cm³/mol. The van der Waals surface area contributed by atoms with E-state index < -0.39 is 23.6 Å². The summed E-state index contributed by atoms with van der Waals surface area (Å²) in [6.07, 6.45) is -3.92. The predicted octanol–water partition coefficient (Wildman–Crippen LogP) is 1.61. The number of nitrogens with two attached hydrogens (primary N) is 2. The number of nitrogens with zero attached hydrogens (tertiary/aromatic N) is 1. The van der Waals surface area contributed by atoms with Crippen molar-refractivity contribution in [2.24, 2.45) is 22.4 Å². The average molecular weight is 271 g/mol. The molecule has 1 aromatic carbocycles. The van der Waals surface area contributed by atoms with Crippen LogP contribution in [0, 0.1) is 5.92 Å². The Hall–Kier alpha value is -2.05. The zero-order valence-electron chi connectivity index (χ0n) is 9.82. The average Bonchev–Trinajstić information content (AvgIpc) is 3.07. The van der Waals surface area contributed by atoms with Crippen LogP contribution in [0.4, 0.5) is 13.2 Å². The summed E-state index contributed by atoms with van der Waals surface area (Å²) in [5.74, 6) is -1.48. The van der Waals surface area contributed by atoms with Crippen LogP contribution in [0.3, 0.4) is 0 Å². The van der Waals surface area contributed by atoms with Gasteiger partial charge in [-0.05, 0) is 24.0 Å². The highest BCUT2D eigenvalue weighted by Gasteiger charge is 2.44. The summed E-state index contributed by atoms with van der Waals surface area (Å²) in [6.45, 7) is 0. The molecule has 1 amide bonds. The number of guanidine groups is 1. The topological polar surface area (TPSA) is 81.5 Å². The molecule has 4 nitrogen and oxygen atoms in total. The molecule has 2 rings (SSSR count). The van der Waals surface area contributed by atoms with Crippen molar-refractivity contribution in [1.29, 1.82) is 0 Å². The largest absolute Gasteiger partial charge is 0.416 e. The molecule has 0 aromatic heterocycles. The Morgan fingerprint density at radius 2 is 2.00 bits per heavy atom. The monoisotopic (exact) mass is 271 g/mol. The van der Waals surface area contributed by atoms with E-state index in [-0.39, 0.29) is 11.9 Å². The van der Waals surface area contributed by atoms with Gasteiger partial charge in [0, 0.05) is 5.92 Å². The Bertz CT molecular complexity index is 535. The molecule has 1 aliphatic rings. The number of hydrogen-bond acceptors (Lipinski definition) is 1. The van der Waals surface area contributed by atoms with E-state index in [0.29, 0.717) is 12.0 Å². The second-order valence-electron chi connectivity index (χ2n) is 4.45. The van der Waals surface area contributed by atoms with Crippen LogP contribution in [0.1, 0.15) is 23.5 Å². The molecule has 1 aliphatic carbocycles. The standard InChI is InChI=1S/C12H12F3N3O/c13-12(14,15)7-3-1-2-6(4-7)8-5-9(8)10(19)18-11(16)17/h1-4,8-9H,5H2,(H4,16,17,18,19). The minimum absolute atomic E-state index is 0.238. The Morgan fingerprint density at radius 1 is 1.32 bits per heavy atom. The molecular formula is C12H12F3N3O. The zero-order valence-corrected chi connectivity index (χ0v) is 9.82. The van der Waals surface area contributed by atoms with Crippen LogP contribution < -0.4 is 11.5 Å². The van der Waals surface area contributed by atoms with E-state index in [9.17, 15) is 18.0 Å². The van der Waals surface area contributed by atoms with E-state index in [1.807, 2.05) is 0 Å². The highest BCUT2D eigenvalue weighted by atomic mass is 19.4. The molecule has 0 saturated heterocycles. The van der Waals surface area contributed by atoms with Gasteiger partial charge in [0.25, 0.3) is 5.91 Å². The smallest absolute Gasteiger partial charge is 0.370 e. The van der Waals surface area contributed by atoms with Crippen LogP contribution in [0.2, 0.25) is 0 Å². The van der Waals surface area contributed by atoms with Crippen molar-refractivity contribution < 1.29 is 18.0 Å².